The summed E-state index contributed by atoms with van der Waals surface area (Å²) in [4.78, 5) is 33.5. The van der Waals surface area contributed by atoms with Gasteiger partial charge in [0.25, 0.3) is 0 Å². The number of pyridine rings is 1. The zero-order valence-corrected chi connectivity index (χ0v) is 13.6. The van der Waals surface area contributed by atoms with Crippen molar-refractivity contribution >= 4 is 11.8 Å². The van der Waals surface area contributed by atoms with Crippen molar-refractivity contribution in [3.63, 3.8) is 0 Å². The molecule has 0 radical (unpaired) electrons. The first-order valence-corrected chi connectivity index (χ1v) is 8.57. The fraction of sp³-hybridized carbons (Fsp3) is 0.611. The van der Waals surface area contributed by atoms with E-state index in [1.807, 2.05) is 28.1 Å². The molecule has 5 heteroatoms. The van der Waals surface area contributed by atoms with Gasteiger partial charge in [0, 0.05) is 44.5 Å². The van der Waals surface area contributed by atoms with Gasteiger partial charge in [-0.3, -0.25) is 14.6 Å². The lowest BCUT2D eigenvalue weighted by Gasteiger charge is -2.26. The van der Waals surface area contributed by atoms with Crippen LogP contribution in [0.3, 0.4) is 0 Å². The molecule has 23 heavy (non-hydrogen) atoms. The Kier molecular flexibility index (Phi) is 3.39. The van der Waals surface area contributed by atoms with E-state index in [1.54, 1.807) is 6.20 Å². The lowest BCUT2D eigenvalue weighted by atomic mass is 9.78. The van der Waals surface area contributed by atoms with Crippen LogP contribution < -0.4 is 0 Å². The highest BCUT2D eigenvalue weighted by Gasteiger charge is 2.56. The zero-order chi connectivity index (χ0) is 16.0. The van der Waals surface area contributed by atoms with Gasteiger partial charge in [-0.05, 0) is 36.8 Å². The third-order valence-corrected chi connectivity index (χ3v) is 5.79. The van der Waals surface area contributed by atoms with Gasteiger partial charge in [0.1, 0.15) is 0 Å². The van der Waals surface area contributed by atoms with Crippen LogP contribution in [0.4, 0.5) is 0 Å². The first-order valence-electron chi connectivity index (χ1n) is 8.57. The number of carbonyl (C=O) groups is 2. The van der Waals surface area contributed by atoms with E-state index in [4.69, 9.17) is 0 Å². The molecule has 1 saturated carbocycles. The molecular formula is C18H23N3O2. The maximum absolute atomic E-state index is 13.1. The van der Waals surface area contributed by atoms with Crippen molar-refractivity contribution in [2.75, 3.05) is 19.6 Å². The predicted molar refractivity (Wildman–Crippen MR) is 85.2 cm³/mol. The highest BCUT2D eigenvalue weighted by molar-refractivity contribution is 5.88. The average molecular weight is 313 g/mol. The second-order valence-corrected chi connectivity index (χ2v) is 7.39. The van der Waals surface area contributed by atoms with E-state index in [9.17, 15) is 9.59 Å². The molecule has 3 fully saturated rings. The molecule has 0 bridgehead atoms. The van der Waals surface area contributed by atoms with E-state index < -0.39 is 0 Å². The standard InChI is InChI=1S/C18H23N3O2/c1-13-10-21(16(22)15-4-5-15)12-18(13)6-8-20(17(18)23)11-14-3-2-7-19-9-14/h2-3,7,9,13,15H,4-6,8,10-12H2,1H3/t13-,18-/m1/s1. The number of hydrogen-bond acceptors (Lipinski definition) is 3. The minimum absolute atomic E-state index is 0.222. The summed E-state index contributed by atoms with van der Waals surface area (Å²) in [6.07, 6.45) is 6.48. The number of nitrogens with zero attached hydrogens (tertiary/aromatic N) is 3. The molecule has 1 aromatic rings. The molecule has 0 aromatic carbocycles. The molecule has 1 spiro atoms. The Hall–Kier alpha value is -1.91. The van der Waals surface area contributed by atoms with Crippen molar-refractivity contribution in [2.24, 2.45) is 17.3 Å². The molecule has 0 N–H and O–H groups in total. The summed E-state index contributed by atoms with van der Waals surface area (Å²) in [6, 6.07) is 3.91. The molecule has 2 saturated heterocycles. The van der Waals surface area contributed by atoms with Gasteiger partial charge >= 0.3 is 0 Å². The summed E-state index contributed by atoms with van der Waals surface area (Å²) >= 11 is 0. The number of carbonyl (C=O) groups excluding carboxylic acids is 2. The van der Waals surface area contributed by atoms with Gasteiger partial charge in [0.15, 0.2) is 0 Å². The van der Waals surface area contributed by atoms with Crippen molar-refractivity contribution in [3.05, 3.63) is 30.1 Å². The second kappa shape index (κ2) is 5.32. The van der Waals surface area contributed by atoms with Gasteiger partial charge in [-0.15, -0.1) is 0 Å². The van der Waals surface area contributed by atoms with E-state index in [0.29, 0.717) is 13.1 Å². The molecule has 122 valence electrons. The Morgan fingerprint density at radius 1 is 1.43 bits per heavy atom. The summed E-state index contributed by atoms with van der Waals surface area (Å²) in [5.74, 6) is 0.976. The van der Waals surface area contributed by atoms with Crippen LogP contribution in [0.15, 0.2) is 24.5 Å². The topological polar surface area (TPSA) is 53.5 Å². The number of hydrogen-bond donors (Lipinski definition) is 0. The van der Waals surface area contributed by atoms with E-state index in [2.05, 4.69) is 11.9 Å². The lowest BCUT2D eigenvalue weighted by molar-refractivity contribution is -0.138. The minimum atomic E-state index is -0.354. The van der Waals surface area contributed by atoms with Gasteiger partial charge in [-0.2, -0.15) is 0 Å². The van der Waals surface area contributed by atoms with Crippen molar-refractivity contribution in [3.8, 4) is 0 Å². The van der Waals surface area contributed by atoms with Gasteiger partial charge in [-0.25, -0.2) is 0 Å². The zero-order valence-electron chi connectivity index (χ0n) is 13.6. The summed E-state index contributed by atoms with van der Waals surface area (Å²) in [6.45, 7) is 4.89. The molecule has 5 nitrogen and oxygen atoms in total. The monoisotopic (exact) mass is 313 g/mol. The van der Waals surface area contributed by atoms with Crippen LogP contribution in [0.5, 0.6) is 0 Å². The SMILES string of the molecule is C[C@@H]1CN(C(=O)C2CC2)C[C@]12CCN(Cc1cccnc1)C2=O. The highest BCUT2D eigenvalue weighted by Crippen LogP contribution is 2.46. The normalized spacial score (nSPS) is 30.5. The lowest BCUT2D eigenvalue weighted by Crippen LogP contribution is -2.40. The van der Waals surface area contributed by atoms with Crippen LogP contribution >= 0.6 is 0 Å². The van der Waals surface area contributed by atoms with Gasteiger partial charge in [0.2, 0.25) is 11.8 Å². The maximum Gasteiger partial charge on any atom is 0.231 e. The van der Waals surface area contributed by atoms with E-state index >= 15 is 0 Å². The van der Waals surface area contributed by atoms with E-state index in [-0.39, 0.29) is 29.1 Å². The summed E-state index contributed by atoms with van der Waals surface area (Å²) in [5, 5.41) is 0. The van der Waals surface area contributed by atoms with Crippen LogP contribution in [0.1, 0.15) is 31.7 Å². The van der Waals surface area contributed by atoms with E-state index in [0.717, 1.165) is 37.9 Å². The molecule has 2 aliphatic heterocycles. The smallest absolute Gasteiger partial charge is 0.231 e. The molecule has 3 heterocycles. The first kappa shape index (κ1) is 14.7. The Morgan fingerprint density at radius 3 is 2.96 bits per heavy atom. The molecule has 2 amide bonds. The van der Waals surface area contributed by atoms with Crippen LogP contribution in [0.25, 0.3) is 0 Å². The molecule has 1 aliphatic carbocycles. The quantitative estimate of drug-likeness (QED) is 0.853. The van der Waals surface area contributed by atoms with Crippen molar-refractivity contribution < 1.29 is 9.59 Å². The molecule has 2 atom stereocenters. The molecular weight excluding hydrogens is 290 g/mol. The summed E-state index contributed by atoms with van der Waals surface area (Å²) in [7, 11) is 0. The van der Waals surface area contributed by atoms with Crippen LogP contribution in [-0.4, -0.2) is 46.2 Å². The largest absolute Gasteiger partial charge is 0.341 e. The Balaban J connectivity index is 1.49. The van der Waals surface area contributed by atoms with E-state index in [1.165, 1.54) is 0 Å². The summed E-state index contributed by atoms with van der Waals surface area (Å²) < 4.78 is 0. The maximum atomic E-state index is 13.1. The first-order chi connectivity index (χ1) is 11.1. The predicted octanol–water partition coefficient (Wildman–Crippen LogP) is 1.69. The highest BCUT2D eigenvalue weighted by atomic mass is 16.2. The van der Waals surface area contributed by atoms with Gasteiger partial charge in [-0.1, -0.05) is 13.0 Å². The second-order valence-electron chi connectivity index (χ2n) is 7.39. The van der Waals surface area contributed by atoms with Crippen molar-refractivity contribution in [2.45, 2.75) is 32.7 Å². The number of aromatic nitrogens is 1. The van der Waals surface area contributed by atoms with Crippen molar-refractivity contribution in [1.82, 2.24) is 14.8 Å². The Labute approximate surface area is 136 Å². The Bertz CT molecular complexity index is 628. The van der Waals surface area contributed by atoms with Crippen LogP contribution in [-0.2, 0) is 16.1 Å². The molecule has 4 rings (SSSR count). The molecule has 1 aromatic heterocycles. The van der Waals surface area contributed by atoms with Crippen molar-refractivity contribution in [1.29, 1.82) is 0 Å². The van der Waals surface area contributed by atoms with Crippen LogP contribution in [0, 0.1) is 17.3 Å². The fourth-order valence-electron chi connectivity index (χ4n) is 4.15. The van der Waals surface area contributed by atoms with Crippen LogP contribution in [0.2, 0.25) is 0 Å². The van der Waals surface area contributed by atoms with Gasteiger partial charge < -0.3 is 9.80 Å². The van der Waals surface area contributed by atoms with Gasteiger partial charge in [0.05, 0.1) is 5.41 Å². The number of likely N-dealkylation sites (tertiary alicyclic amines) is 2. The Morgan fingerprint density at radius 2 is 2.26 bits per heavy atom. The molecule has 0 unspecified atom stereocenters. The number of amides is 2. The number of rotatable bonds is 3. The molecule has 3 aliphatic rings. The third kappa shape index (κ3) is 2.42. The summed E-state index contributed by atoms with van der Waals surface area (Å²) in [5.41, 5.74) is 0.710. The fourth-order valence-corrected chi connectivity index (χ4v) is 4.15. The average Bonchev–Trinajstić information content (AvgIpc) is 3.30. The third-order valence-electron chi connectivity index (χ3n) is 5.79. The minimum Gasteiger partial charge on any atom is -0.341 e.